The first-order valence-corrected chi connectivity index (χ1v) is 11.5. The summed E-state index contributed by atoms with van der Waals surface area (Å²) < 4.78 is 5.25. The molecule has 0 N–H and O–H groups in total. The van der Waals surface area contributed by atoms with E-state index >= 15 is 0 Å². The minimum absolute atomic E-state index is 0.863. The zero-order valence-corrected chi connectivity index (χ0v) is 17.6. The predicted octanol–water partition coefficient (Wildman–Crippen LogP) is 4.70. The highest BCUT2D eigenvalue weighted by atomic mass is 32.2. The third-order valence-corrected chi connectivity index (χ3v) is 7.26. The summed E-state index contributed by atoms with van der Waals surface area (Å²) in [6.07, 6.45) is 3.13. The molecule has 1 aliphatic heterocycles. The molecule has 0 saturated carbocycles. The van der Waals surface area contributed by atoms with Crippen LogP contribution in [0.4, 0.5) is 0 Å². The molecule has 0 radical (unpaired) electrons. The van der Waals surface area contributed by atoms with Gasteiger partial charge in [-0.3, -0.25) is 0 Å². The van der Waals surface area contributed by atoms with Gasteiger partial charge in [-0.15, -0.1) is 23.1 Å². The lowest BCUT2D eigenvalue weighted by Crippen LogP contribution is -2.25. The van der Waals surface area contributed by atoms with Crippen molar-refractivity contribution in [3.63, 3.8) is 0 Å². The molecule has 26 heavy (non-hydrogen) atoms. The van der Waals surface area contributed by atoms with Crippen molar-refractivity contribution in [3.8, 4) is 5.75 Å². The smallest absolute Gasteiger partial charge is 0.189 e. The number of hydrogen-bond donors (Lipinski definition) is 0. The largest absolute Gasteiger partial charge is 0.497 e. The van der Waals surface area contributed by atoms with Crippen molar-refractivity contribution in [1.29, 1.82) is 0 Å². The molecule has 1 aliphatic rings. The van der Waals surface area contributed by atoms with Crippen molar-refractivity contribution in [2.45, 2.75) is 28.9 Å². The number of methoxy groups -OCH3 is 1. The molecule has 136 valence electrons. The molecule has 2 aromatic heterocycles. The van der Waals surface area contributed by atoms with Crippen LogP contribution in [0.15, 0.2) is 34.4 Å². The van der Waals surface area contributed by atoms with Crippen molar-refractivity contribution in [3.05, 3.63) is 40.3 Å². The van der Waals surface area contributed by atoms with E-state index in [9.17, 15) is 0 Å². The molecule has 0 saturated heterocycles. The normalized spacial score (nSPS) is 14.6. The second-order valence-electron chi connectivity index (χ2n) is 6.32. The van der Waals surface area contributed by atoms with E-state index in [0.717, 1.165) is 46.0 Å². The molecule has 0 fully saturated rings. The van der Waals surface area contributed by atoms with Crippen LogP contribution in [0.3, 0.4) is 0 Å². The first-order chi connectivity index (χ1) is 12.7. The molecule has 0 aliphatic carbocycles. The van der Waals surface area contributed by atoms with Crippen LogP contribution in [0, 0.1) is 0 Å². The molecule has 0 bridgehead atoms. The lowest BCUT2D eigenvalue weighted by Gasteiger charge is -2.22. The zero-order valence-electron chi connectivity index (χ0n) is 15.1. The summed E-state index contributed by atoms with van der Waals surface area (Å²) in [7, 11) is 3.88. The van der Waals surface area contributed by atoms with E-state index in [1.807, 2.05) is 41.5 Å². The highest BCUT2D eigenvalue weighted by molar-refractivity contribution is 7.99. The number of aromatic nitrogens is 2. The van der Waals surface area contributed by atoms with Gasteiger partial charge >= 0.3 is 0 Å². The van der Waals surface area contributed by atoms with E-state index in [1.54, 1.807) is 18.9 Å². The van der Waals surface area contributed by atoms with Gasteiger partial charge in [-0.25, -0.2) is 9.97 Å². The monoisotopic (exact) mass is 403 g/mol. The Balaban J connectivity index is 1.68. The van der Waals surface area contributed by atoms with Gasteiger partial charge in [0.25, 0.3) is 0 Å². The molecular formula is C19H21N3OS3. The minimum Gasteiger partial charge on any atom is -0.497 e. The molecule has 0 atom stereocenters. The van der Waals surface area contributed by atoms with Crippen molar-refractivity contribution in [2.24, 2.45) is 0 Å². The van der Waals surface area contributed by atoms with Crippen LogP contribution >= 0.6 is 34.9 Å². The van der Waals surface area contributed by atoms with Gasteiger partial charge < -0.3 is 9.64 Å². The summed E-state index contributed by atoms with van der Waals surface area (Å²) in [5.41, 5.74) is 2.74. The lowest BCUT2D eigenvalue weighted by atomic mass is 10.1. The average molecular weight is 404 g/mol. The second kappa shape index (κ2) is 7.76. The Kier molecular flexibility index (Phi) is 5.40. The summed E-state index contributed by atoms with van der Waals surface area (Å²) >= 11 is 5.26. The molecule has 1 aromatic carbocycles. The fourth-order valence-electron chi connectivity index (χ4n) is 3.14. The number of nitrogens with zero attached hydrogens (tertiary/aromatic N) is 3. The molecular weight excluding hydrogens is 382 g/mol. The third-order valence-electron chi connectivity index (χ3n) is 4.55. The number of rotatable bonds is 5. The molecule has 3 heterocycles. The van der Waals surface area contributed by atoms with E-state index in [0.29, 0.717) is 0 Å². The van der Waals surface area contributed by atoms with E-state index in [2.05, 4.69) is 24.1 Å². The highest BCUT2D eigenvalue weighted by Gasteiger charge is 2.23. The maximum atomic E-state index is 5.25. The Morgan fingerprint density at radius 2 is 2.04 bits per heavy atom. The Morgan fingerprint density at radius 1 is 1.23 bits per heavy atom. The molecule has 4 nitrogen and oxygen atoms in total. The third kappa shape index (κ3) is 3.58. The van der Waals surface area contributed by atoms with Gasteiger partial charge in [-0.1, -0.05) is 23.9 Å². The fraction of sp³-hybridized carbons (Fsp3) is 0.368. The molecule has 0 unspecified atom stereocenters. The number of ether oxygens (including phenoxy) is 1. The average Bonchev–Trinajstić information content (AvgIpc) is 3.03. The summed E-state index contributed by atoms with van der Waals surface area (Å²) in [6, 6.07) is 8.28. The number of hydrogen-bond acceptors (Lipinski definition) is 7. The Bertz CT molecular complexity index is 924. The maximum Gasteiger partial charge on any atom is 0.189 e. The van der Waals surface area contributed by atoms with Crippen molar-refractivity contribution < 1.29 is 4.74 Å². The number of benzene rings is 1. The van der Waals surface area contributed by atoms with Crippen molar-refractivity contribution >= 4 is 45.1 Å². The summed E-state index contributed by atoms with van der Waals surface area (Å²) in [5, 5.41) is 3.27. The van der Waals surface area contributed by atoms with Gasteiger partial charge in [-0.2, -0.15) is 0 Å². The quantitative estimate of drug-likeness (QED) is 0.349. The topological polar surface area (TPSA) is 38.3 Å². The second-order valence-corrected chi connectivity index (χ2v) is 9.15. The van der Waals surface area contributed by atoms with E-state index in [-0.39, 0.29) is 0 Å². The molecule has 4 rings (SSSR count). The first kappa shape index (κ1) is 18.1. The van der Waals surface area contributed by atoms with E-state index in [1.165, 1.54) is 21.4 Å². The Labute approximate surface area is 166 Å². The van der Waals surface area contributed by atoms with Crippen molar-refractivity contribution in [2.75, 3.05) is 27.0 Å². The molecule has 0 amide bonds. The molecule has 0 spiro atoms. The fourth-order valence-corrected chi connectivity index (χ4v) is 6.00. The van der Waals surface area contributed by atoms with Crippen LogP contribution in [-0.2, 0) is 18.7 Å². The zero-order chi connectivity index (χ0) is 18.1. The number of likely N-dealkylation sites (N-methyl/N-ethyl adjacent to an activating group) is 1. The standard InChI is InChI=1S/C19H21N3OS3/c1-22-9-8-14-15(10-22)26-18-16(14)17(20-19(21-18)24-3)25-11-12-4-6-13(23-2)7-5-12/h4-7H,8-11H2,1-3H3. The van der Waals surface area contributed by atoms with Crippen LogP contribution in [0.25, 0.3) is 10.2 Å². The number of fused-ring (bicyclic) bond motifs is 3. The first-order valence-electron chi connectivity index (χ1n) is 8.48. The van der Waals surface area contributed by atoms with Crippen LogP contribution in [0.5, 0.6) is 5.75 Å². The SMILES string of the molecule is COc1ccc(CSc2nc(SC)nc3sc4c(c23)CCN(C)C4)cc1. The minimum atomic E-state index is 0.863. The van der Waals surface area contributed by atoms with Gasteiger partial charge in [0.15, 0.2) is 5.16 Å². The number of thioether (sulfide) groups is 2. The lowest BCUT2D eigenvalue weighted by molar-refractivity contribution is 0.318. The van der Waals surface area contributed by atoms with Gasteiger partial charge in [0, 0.05) is 29.1 Å². The molecule has 7 heteroatoms. The van der Waals surface area contributed by atoms with Gasteiger partial charge in [0.1, 0.15) is 15.6 Å². The summed E-state index contributed by atoms with van der Waals surface area (Å²) in [5.74, 6) is 1.79. The van der Waals surface area contributed by atoms with Crippen LogP contribution < -0.4 is 4.74 Å². The summed E-state index contributed by atoms with van der Waals surface area (Å²) in [4.78, 5) is 14.6. The van der Waals surface area contributed by atoms with Gasteiger partial charge in [0.05, 0.1) is 7.11 Å². The Hall–Kier alpha value is -1.28. The summed E-state index contributed by atoms with van der Waals surface area (Å²) in [6.45, 7) is 2.12. The van der Waals surface area contributed by atoms with Gasteiger partial charge in [-0.05, 0) is 43.0 Å². The van der Waals surface area contributed by atoms with Crippen LogP contribution in [-0.4, -0.2) is 41.8 Å². The predicted molar refractivity (Wildman–Crippen MR) is 112 cm³/mol. The maximum absolute atomic E-state index is 5.25. The number of thiophene rings is 1. The van der Waals surface area contributed by atoms with Crippen LogP contribution in [0.2, 0.25) is 0 Å². The van der Waals surface area contributed by atoms with Crippen LogP contribution in [0.1, 0.15) is 16.0 Å². The van der Waals surface area contributed by atoms with Crippen molar-refractivity contribution in [1.82, 2.24) is 14.9 Å². The Morgan fingerprint density at radius 3 is 2.77 bits per heavy atom. The van der Waals surface area contributed by atoms with E-state index in [4.69, 9.17) is 14.7 Å². The van der Waals surface area contributed by atoms with Gasteiger partial charge in [0.2, 0.25) is 0 Å². The highest BCUT2D eigenvalue weighted by Crippen LogP contribution is 2.40. The van der Waals surface area contributed by atoms with E-state index < -0.39 is 0 Å². The molecule has 3 aromatic rings.